The molecule has 0 aromatic heterocycles. The number of nitrogens with one attached hydrogen (secondary N) is 2. The van der Waals surface area contributed by atoms with Gasteiger partial charge < -0.3 is 15.7 Å². The second-order valence-electron chi connectivity index (χ2n) is 3.25. The van der Waals surface area contributed by atoms with E-state index in [1.54, 1.807) is 6.92 Å². The molecule has 0 fully saturated rings. The van der Waals surface area contributed by atoms with E-state index in [2.05, 4.69) is 17.2 Å². The first kappa shape index (κ1) is 15.6. The maximum atomic E-state index is 11.3. The Morgan fingerprint density at radius 3 is 2.65 bits per heavy atom. The lowest BCUT2D eigenvalue weighted by atomic mass is 10.2. The van der Waals surface area contributed by atoms with E-state index in [0.717, 1.165) is 0 Å². The molecule has 7 heteroatoms. The van der Waals surface area contributed by atoms with Gasteiger partial charge >= 0.3 is 12.0 Å². The van der Waals surface area contributed by atoms with Crippen LogP contribution in [-0.2, 0) is 15.6 Å². The molecule has 0 radical (unpaired) electrons. The van der Waals surface area contributed by atoms with Crippen molar-refractivity contribution in [2.24, 2.45) is 0 Å². The first-order valence-corrected chi connectivity index (χ1v) is 6.73. The average Bonchev–Trinajstić information content (AvgIpc) is 2.28. The molecule has 17 heavy (non-hydrogen) atoms. The third-order valence-electron chi connectivity index (χ3n) is 1.94. The van der Waals surface area contributed by atoms with E-state index in [-0.39, 0.29) is 13.0 Å². The Morgan fingerprint density at radius 2 is 2.18 bits per heavy atom. The zero-order chi connectivity index (χ0) is 13.3. The van der Waals surface area contributed by atoms with Crippen LogP contribution in [0.4, 0.5) is 4.79 Å². The molecule has 2 amide bonds. The van der Waals surface area contributed by atoms with E-state index < -0.39 is 28.8 Å². The zero-order valence-electron chi connectivity index (χ0n) is 9.77. The van der Waals surface area contributed by atoms with Gasteiger partial charge in [0.1, 0.15) is 6.04 Å². The van der Waals surface area contributed by atoms with E-state index in [1.165, 1.54) is 6.08 Å². The maximum absolute atomic E-state index is 11.3. The summed E-state index contributed by atoms with van der Waals surface area (Å²) in [5.41, 5.74) is 0. The molecular formula is C10H18N2O4S. The molecule has 2 unspecified atom stereocenters. The van der Waals surface area contributed by atoms with Crippen molar-refractivity contribution in [2.45, 2.75) is 19.4 Å². The summed E-state index contributed by atoms with van der Waals surface area (Å²) < 4.78 is 11.1. The van der Waals surface area contributed by atoms with Gasteiger partial charge in [-0.25, -0.2) is 9.59 Å². The summed E-state index contributed by atoms with van der Waals surface area (Å²) in [7, 11) is -0.943. The minimum absolute atomic E-state index is 0.156. The summed E-state index contributed by atoms with van der Waals surface area (Å²) in [4.78, 5) is 22.0. The number of carboxylic acid groups (broad SMARTS) is 1. The molecule has 0 rings (SSSR count). The molecule has 0 saturated carbocycles. The van der Waals surface area contributed by atoms with Gasteiger partial charge in [0.25, 0.3) is 0 Å². The summed E-state index contributed by atoms with van der Waals surface area (Å²) in [6, 6.07) is -1.56. The zero-order valence-corrected chi connectivity index (χ0v) is 10.6. The van der Waals surface area contributed by atoms with Crippen molar-refractivity contribution in [2.75, 3.05) is 18.1 Å². The minimum Gasteiger partial charge on any atom is -0.480 e. The summed E-state index contributed by atoms with van der Waals surface area (Å²) in [6.45, 7) is 5.46. The van der Waals surface area contributed by atoms with Crippen LogP contribution in [0.1, 0.15) is 13.3 Å². The van der Waals surface area contributed by atoms with Crippen LogP contribution >= 0.6 is 0 Å². The van der Waals surface area contributed by atoms with Gasteiger partial charge in [-0.05, 0) is 6.42 Å². The highest BCUT2D eigenvalue weighted by Gasteiger charge is 2.17. The average molecular weight is 262 g/mol. The third kappa shape index (κ3) is 7.51. The molecule has 0 bridgehead atoms. The second-order valence-corrected chi connectivity index (χ2v) is 5.11. The number of carbonyl (C=O) groups excluding carboxylic acids is 1. The first-order valence-electron chi connectivity index (χ1n) is 5.24. The van der Waals surface area contributed by atoms with E-state index in [4.69, 9.17) is 5.11 Å². The van der Waals surface area contributed by atoms with E-state index >= 15 is 0 Å². The smallest absolute Gasteiger partial charge is 0.326 e. The highest BCUT2D eigenvalue weighted by Crippen LogP contribution is 1.92. The van der Waals surface area contributed by atoms with Crippen molar-refractivity contribution in [1.29, 1.82) is 0 Å². The molecule has 6 nitrogen and oxygen atoms in total. The van der Waals surface area contributed by atoms with Crippen molar-refractivity contribution < 1.29 is 18.9 Å². The predicted molar refractivity (Wildman–Crippen MR) is 66.3 cm³/mol. The number of urea groups is 1. The summed E-state index contributed by atoms with van der Waals surface area (Å²) in [6.07, 6.45) is 1.58. The monoisotopic (exact) mass is 262 g/mol. The number of rotatable bonds is 8. The molecular weight excluding hydrogens is 244 g/mol. The lowest BCUT2D eigenvalue weighted by molar-refractivity contribution is -0.139. The normalized spacial score (nSPS) is 13.5. The van der Waals surface area contributed by atoms with E-state index in [0.29, 0.717) is 11.5 Å². The van der Waals surface area contributed by atoms with Crippen LogP contribution < -0.4 is 10.6 Å². The lowest BCUT2D eigenvalue weighted by Crippen LogP contribution is -2.46. The van der Waals surface area contributed by atoms with Crippen LogP contribution in [0.2, 0.25) is 0 Å². The number of aliphatic carboxylic acids is 1. The van der Waals surface area contributed by atoms with Gasteiger partial charge in [-0.2, -0.15) is 0 Å². The van der Waals surface area contributed by atoms with Gasteiger partial charge in [-0.1, -0.05) is 13.0 Å². The van der Waals surface area contributed by atoms with E-state index in [1.807, 2.05) is 0 Å². The highest BCUT2D eigenvalue weighted by molar-refractivity contribution is 7.84. The molecule has 0 aromatic carbocycles. The fraction of sp³-hybridized carbons (Fsp3) is 0.600. The first-order chi connectivity index (χ1) is 8.01. The van der Waals surface area contributed by atoms with Crippen molar-refractivity contribution in [3.63, 3.8) is 0 Å². The Labute approximate surface area is 103 Å². The molecule has 98 valence electrons. The van der Waals surface area contributed by atoms with Crippen LogP contribution in [0, 0.1) is 0 Å². The Hall–Kier alpha value is -1.37. The van der Waals surface area contributed by atoms with Gasteiger partial charge in [0.15, 0.2) is 0 Å². The Balaban J connectivity index is 3.94. The SMILES string of the molecule is C=CCC(NC(=O)NCCS(=O)CC)C(=O)O. The van der Waals surface area contributed by atoms with Crippen molar-refractivity contribution in [3.05, 3.63) is 12.7 Å². The van der Waals surface area contributed by atoms with Crippen LogP contribution in [0.3, 0.4) is 0 Å². The number of amides is 2. The quantitative estimate of drug-likeness (QED) is 0.540. The molecule has 0 heterocycles. The Morgan fingerprint density at radius 1 is 1.53 bits per heavy atom. The molecule has 0 aliphatic rings. The molecule has 3 N–H and O–H groups in total. The predicted octanol–water partition coefficient (Wildman–Crippen LogP) is 0.0835. The van der Waals surface area contributed by atoms with Gasteiger partial charge in [0, 0.05) is 28.9 Å². The van der Waals surface area contributed by atoms with Gasteiger partial charge in [-0.3, -0.25) is 4.21 Å². The van der Waals surface area contributed by atoms with Gasteiger partial charge in [-0.15, -0.1) is 6.58 Å². The molecule has 0 spiro atoms. The highest BCUT2D eigenvalue weighted by atomic mass is 32.2. The van der Waals surface area contributed by atoms with Crippen LogP contribution in [-0.4, -0.2) is 45.4 Å². The van der Waals surface area contributed by atoms with E-state index in [9.17, 15) is 13.8 Å². The molecule has 0 aliphatic carbocycles. The lowest BCUT2D eigenvalue weighted by Gasteiger charge is -2.13. The number of carbonyl (C=O) groups is 2. The fourth-order valence-corrected chi connectivity index (χ4v) is 1.64. The van der Waals surface area contributed by atoms with Crippen LogP contribution in [0.25, 0.3) is 0 Å². The van der Waals surface area contributed by atoms with Crippen molar-refractivity contribution >= 4 is 22.8 Å². The molecule has 0 aromatic rings. The Kier molecular flexibility index (Phi) is 8.04. The molecule has 0 aliphatic heterocycles. The largest absolute Gasteiger partial charge is 0.480 e. The van der Waals surface area contributed by atoms with Crippen molar-refractivity contribution in [3.8, 4) is 0 Å². The minimum atomic E-state index is -1.11. The maximum Gasteiger partial charge on any atom is 0.326 e. The summed E-state index contributed by atoms with van der Waals surface area (Å²) in [5.74, 6) is -0.210. The molecule has 0 saturated heterocycles. The summed E-state index contributed by atoms with van der Waals surface area (Å²) in [5, 5.41) is 13.5. The van der Waals surface area contributed by atoms with Crippen molar-refractivity contribution in [1.82, 2.24) is 10.6 Å². The third-order valence-corrected chi connectivity index (χ3v) is 3.25. The number of hydrogen-bond acceptors (Lipinski definition) is 3. The van der Waals surface area contributed by atoms with Crippen LogP contribution in [0.5, 0.6) is 0 Å². The fourth-order valence-electron chi connectivity index (χ4n) is 1.02. The summed E-state index contributed by atoms with van der Waals surface area (Å²) >= 11 is 0. The number of hydrogen-bond donors (Lipinski definition) is 3. The molecule has 2 atom stereocenters. The van der Waals surface area contributed by atoms with Crippen LogP contribution in [0.15, 0.2) is 12.7 Å². The standard InChI is InChI=1S/C10H18N2O4S/c1-3-5-8(9(13)14)12-10(15)11-6-7-17(16)4-2/h3,8H,1,4-7H2,2H3,(H,13,14)(H2,11,12,15). The number of carboxylic acids is 1. The second kappa shape index (κ2) is 8.74. The topological polar surface area (TPSA) is 95.5 Å². The Bertz CT molecular complexity index is 307. The van der Waals surface area contributed by atoms with Gasteiger partial charge in [0.05, 0.1) is 0 Å². The van der Waals surface area contributed by atoms with Gasteiger partial charge in [0.2, 0.25) is 0 Å².